The molecular formula is C20H18N2O3. The van der Waals surface area contributed by atoms with Gasteiger partial charge in [-0.15, -0.1) is 0 Å². The number of carbonyl (C=O) groups is 1. The second-order valence-corrected chi connectivity index (χ2v) is 6.23. The molecule has 1 amide bonds. The summed E-state index contributed by atoms with van der Waals surface area (Å²) in [6, 6.07) is 14.5. The number of benzene rings is 1. The van der Waals surface area contributed by atoms with Crippen molar-refractivity contribution in [1.29, 1.82) is 0 Å². The number of aliphatic hydroxyl groups excluding tert-OH is 1. The Labute approximate surface area is 145 Å². The highest BCUT2D eigenvalue weighted by Crippen LogP contribution is 2.31. The molecule has 2 heterocycles. The predicted molar refractivity (Wildman–Crippen MR) is 93.0 cm³/mol. The van der Waals surface area contributed by atoms with E-state index in [1.807, 2.05) is 30.3 Å². The SMILES string of the molecule is Cc1nc(-c2ccco2)ccc1C(=O)N[C@H]1c2ccccc2C[C@H]1O. The number of fused-ring (bicyclic) bond motifs is 1. The van der Waals surface area contributed by atoms with E-state index in [4.69, 9.17) is 4.42 Å². The lowest BCUT2D eigenvalue weighted by Crippen LogP contribution is -2.34. The number of hydrogen-bond donors (Lipinski definition) is 2. The summed E-state index contributed by atoms with van der Waals surface area (Å²) in [6.45, 7) is 1.79. The van der Waals surface area contributed by atoms with Crippen molar-refractivity contribution in [2.75, 3.05) is 0 Å². The topological polar surface area (TPSA) is 75.4 Å². The average molecular weight is 334 g/mol. The predicted octanol–water partition coefficient (Wildman–Crippen LogP) is 3.04. The fourth-order valence-corrected chi connectivity index (χ4v) is 3.33. The highest BCUT2D eigenvalue weighted by Gasteiger charge is 2.32. The van der Waals surface area contributed by atoms with Gasteiger partial charge in [-0.2, -0.15) is 0 Å². The average Bonchev–Trinajstić information content (AvgIpc) is 3.23. The number of carbonyl (C=O) groups excluding carboxylic acids is 1. The molecule has 126 valence electrons. The van der Waals surface area contributed by atoms with Gasteiger partial charge in [0.05, 0.1) is 29.7 Å². The number of hydrogen-bond acceptors (Lipinski definition) is 4. The molecule has 0 aliphatic heterocycles. The van der Waals surface area contributed by atoms with E-state index in [2.05, 4.69) is 10.3 Å². The number of aromatic nitrogens is 1. The molecule has 5 nitrogen and oxygen atoms in total. The number of aryl methyl sites for hydroxylation is 1. The molecule has 0 bridgehead atoms. The zero-order chi connectivity index (χ0) is 17.4. The zero-order valence-electron chi connectivity index (χ0n) is 13.8. The summed E-state index contributed by atoms with van der Waals surface area (Å²) in [7, 11) is 0. The summed E-state index contributed by atoms with van der Waals surface area (Å²) in [5, 5.41) is 13.2. The van der Waals surface area contributed by atoms with Crippen LogP contribution in [0.15, 0.2) is 59.2 Å². The van der Waals surface area contributed by atoms with Crippen LogP contribution < -0.4 is 5.32 Å². The van der Waals surface area contributed by atoms with Gasteiger partial charge in [-0.25, -0.2) is 4.98 Å². The van der Waals surface area contributed by atoms with Crippen LogP contribution in [-0.2, 0) is 6.42 Å². The van der Waals surface area contributed by atoms with Crippen LogP contribution >= 0.6 is 0 Å². The Morgan fingerprint density at radius 2 is 2.04 bits per heavy atom. The second kappa shape index (κ2) is 6.18. The fraction of sp³-hybridized carbons (Fsp3) is 0.200. The summed E-state index contributed by atoms with van der Waals surface area (Å²) in [4.78, 5) is 17.1. The standard InChI is InChI=1S/C20H18N2O3/c1-12-14(8-9-16(21-12)18-7-4-10-25-18)20(24)22-19-15-6-3-2-5-13(15)11-17(19)23/h2-10,17,19,23H,11H2,1H3,(H,22,24)/t17-,19+/m1/s1. The molecule has 0 saturated carbocycles. The molecule has 0 saturated heterocycles. The molecule has 25 heavy (non-hydrogen) atoms. The Morgan fingerprint density at radius 3 is 2.80 bits per heavy atom. The third kappa shape index (κ3) is 2.83. The summed E-state index contributed by atoms with van der Waals surface area (Å²) < 4.78 is 5.34. The van der Waals surface area contributed by atoms with Crippen molar-refractivity contribution in [2.24, 2.45) is 0 Å². The first-order valence-corrected chi connectivity index (χ1v) is 8.22. The Balaban J connectivity index is 1.58. The first-order chi connectivity index (χ1) is 12.1. The van der Waals surface area contributed by atoms with E-state index in [0.717, 1.165) is 11.1 Å². The van der Waals surface area contributed by atoms with E-state index < -0.39 is 12.1 Å². The number of furan rings is 1. The van der Waals surface area contributed by atoms with Gasteiger partial charge < -0.3 is 14.8 Å². The molecule has 1 aliphatic rings. The molecule has 0 radical (unpaired) electrons. The maximum Gasteiger partial charge on any atom is 0.253 e. The van der Waals surface area contributed by atoms with Crippen molar-refractivity contribution in [1.82, 2.24) is 10.3 Å². The van der Waals surface area contributed by atoms with E-state index in [1.165, 1.54) is 0 Å². The van der Waals surface area contributed by atoms with Gasteiger partial charge >= 0.3 is 0 Å². The molecule has 0 unspecified atom stereocenters. The number of rotatable bonds is 3. The van der Waals surface area contributed by atoms with Crippen molar-refractivity contribution in [3.05, 3.63) is 77.2 Å². The molecule has 1 aliphatic carbocycles. The fourth-order valence-electron chi connectivity index (χ4n) is 3.33. The zero-order valence-corrected chi connectivity index (χ0v) is 13.8. The number of aliphatic hydroxyl groups is 1. The Hall–Kier alpha value is -2.92. The number of nitrogens with zero attached hydrogens (tertiary/aromatic N) is 1. The van der Waals surface area contributed by atoms with Gasteiger partial charge in [0.25, 0.3) is 5.91 Å². The smallest absolute Gasteiger partial charge is 0.253 e. The molecule has 4 rings (SSSR count). The molecule has 0 spiro atoms. The first kappa shape index (κ1) is 15.6. The van der Waals surface area contributed by atoms with E-state index >= 15 is 0 Å². The van der Waals surface area contributed by atoms with Crippen molar-refractivity contribution >= 4 is 5.91 Å². The van der Waals surface area contributed by atoms with Crippen LogP contribution in [-0.4, -0.2) is 22.1 Å². The summed E-state index contributed by atoms with van der Waals surface area (Å²) >= 11 is 0. The molecular weight excluding hydrogens is 316 g/mol. The summed E-state index contributed by atoms with van der Waals surface area (Å²) in [6.07, 6.45) is 1.53. The van der Waals surface area contributed by atoms with Gasteiger partial charge in [0.15, 0.2) is 5.76 Å². The van der Waals surface area contributed by atoms with Crippen LogP contribution in [0.3, 0.4) is 0 Å². The number of nitrogens with one attached hydrogen (secondary N) is 1. The van der Waals surface area contributed by atoms with Crippen LogP contribution in [0.4, 0.5) is 0 Å². The maximum absolute atomic E-state index is 12.7. The number of pyridine rings is 1. The second-order valence-electron chi connectivity index (χ2n) is 6.23. The third-order valence-corrected chi connectivity index (χ3v) is 4.59. The van der Waals surface area contributed by atoms with Gasteiger partial charge in [0.1, 0.15) is 5.69 Å². The molecule has 2 atom stereocenters. The van der Waals surface area contributed by atoms with Gasteiger partial charge in [-0.3, -0.25) is 4.79 Å². The number of amides is 1. The Bertz CT molecular complexity index is 918. The van der Waals surface area contributed by atoms with Crippen LogP contribution in [0, 0.1) is 6.92 Å². The Morgan fingerprint density at radius 1 is 1.20 bits per heavy atom. The molecule has 2 N–H and O–H groups in total. The van der Waals surface area contributed by atoms with Crippen LogP contribution in [0.25, 0.3) is 11.5 Å². The third-order valence-electron chi connectivity index (χ3n) is 4.59. The van der Waals surface area contributed by atoms with Crippen molar-refractivity contribution in [3.8, 4) is 11.5 Å². The van der Waals surface area contributed by atoms with E-state index in [9.17, 15) is 9.90 Å². The van der Waals surface area contributed by atoms with Gasteiger partial charge in [0.2, 0.25) is 0 Å². The lowest BCUT2D eigenvalue weighted by molar-refractivity contribution is 0.0857. The van der Waals surface area contributed by atoms with Crippen molar-refractivity contribution in [2.45, 2.75) is 25.5 Å². The molecule has 2 aromatic heterocycles. The van der Waals surface area contributed by atoms with E-state index in [1.54, 1.807) is 31.4 Å². The lowest BCUT2D eigenvalue weighted by Gasteiger charge is -2.18. The Kier molecular flexibility index (Phi) is 3.86. The molecule has 0 fully saturated rings. The van der Waals surface area contributed by atoms with Gasteiger partial charge in [-0.1, -0.05) is 24.3 Å². The van der Waals surface area contributed by atoms with Crippen LogP contribution in [0.1, 0.15) is 33.2 Å². The minimum Gasteiger partial charge on any atom is -0.463 e. The first-order valence-electron chi connectivity index (χ1n) is 8.22. The van der Waals surface area contributed by atoms with E-state index in [-0.39, 0.29) is 5.91 Å². The molecule has 3 aromatic rings. The monoisotopic (exact) mass is 334 g/mol. The molecule has 5 heteroatoms. The highest BCUT2D eigenvalue weighted by molar-refractivity contribution is 5.95. The summed E-state index contributed by atoms with van der Waals surface area (Å²) in [5.74, 6) is 0.423. The maximum atomic E-state index is 12.7. The summed E-state index contributed by atoms with van der Waals surface area (Å²) in [5.41, 5.74) is 3.84. The van der Waals surface area contributed by atoms with Crippen molar-refractivity contribution < 1.29 is 14.3 Å². The van der Waals surface area contributed by atoms with Gasteiger partial charge in [-0.05, 0) is 42.3 Å². The van der Waals surface area contributed by atoms with Crippen LogP contribution in [0.5, 0.6) is 0 Å². The van der Waals surface area contributed by atoms with Crippen LogP contribution in [0.2, 0.25) is 0 Å². The normalized spacial score (nSPS) is 18.8. The lowest BCUT2D eigenvalue weighted by atomic mass is 10.1. The largest absolute Gasteiger partial charge is 0.463 e. The van der Waals surface area contributed by atoms with E-state index in [0.29, 0.717) is 29.1 Å². The minimum absolute atomic E-state index is 0.239. The molecule has 1 aromatic carbocycles. The minimum atomic E-state index is -0.614. The van der Waals surface area contributed by atoms with Crippen molar-refractivity contribution in [3.63, 3.8) is 0 Å². The highest BCUT2D eigenvalue weighted by atomic mass is 16.3. The van der Waals surface area contributed by atoms with Gasteiger partial charge in [0, 0.05) is 6.42 Å². The quantitative estimate of drug-likeness (QED) is 0.772.